The highest BCUT2D eigenvalue weighted by molar-refractivity contribution is 9.10. The molecular formula is C15H15BrFNO3. The molecule has 1 aliphatic carbocycles. The summed E-state index contributed by atoms with van der Waals surface area (Å²) in [7, 11) is 0. The van der Waals surface area contributed by atoms with Crippen molar-refractivity contribution in [3.63, 3.8) is 0 Å². The van der Waals surface area contributed by atoms with E-state index in [9.17, 15) is 14.0 Å². The van der Waals surface area contributed by atoms with E-state index in [1.165, 1.54) is 18.2 Å². The number of aliphatic carboxylic acids is 1. The maximum absolute atomic E-state index is 13.3. The van der Waals surface area contributed by atoms with Gasteiger partial charge in [-0.05, 0) is 58.8 Å². The fourth-order valence-electron chi connectivity index (χ4n) is 3.24. The number of benzene rings is 1. The van der Waals surface area contributed by atoms with Crippen molar-refractivity contribution in [2.75, 3.05) is 13.1 Å². The zero-order valence-electron chi connectivity index (χ0n) is 11.3. The van der Waals surface area contributed by atoms with E-state index in [2.05, 4.69) is 15.9 Å². The van der Waals surface area contributed by atoms with Crippen LogP contribution in [0.5, 0.6) is 0 Å². The molecule has 1 atom stereocenters. The quantitative estimate of drug-likeness (QED) is 0.887. The zero-order valence-corrected chi connectivity index (χ0v) is 12.9. The van der Waals surface area contributed by atoms with E-state index in [0.717, 1.165) is 0 Å². The molecule has 1 unspecified atom stereocenters. The number of likely N-dealkylation sites (tertiary alicyclic amines) is 1. The van der Waals surface area contributed by atoms with Crippen LogP contribution in [0.15, 0.2) is 22.7 Å². The van der Waals surface area contributed by atoms with Gasteiger partial charge in [-0.25, -0.2) is 4.39 Å². The molecule has 2 aliphatic rings. The van der Waals surface area contributed by atoms with Gasteiger partial charge in [0.15, 0.2) is 0 Å². The van der Waals surface area contributed by atoms with E-state index in [1.807, 2.05) is 0 Å². The second-order valence-electron chi connectivity index (χ2n) is 5.87. The number of hydrogen-bond donors (Lipinski definition) is 1. The molecular weight excluding hydrogens is 341 g/mol. The van der Waals surface area contributed by atoms with Crippen LogP contribution in [0.4, 0.5) is 4.39 Å². The molecule has 6 heteroatoms. The third kappa shape index (κ3) is 2.57. The Morgan fingerprint density at radius 1 is 1.33 bits per heavy atom. The van der Waals surface area contributed by atoms with Crippen molar-refractivity contribution in [3.8, 4) is 0 Å². The Morgan fingerprint density at radius 2 is 2.00 bits per heavy atom. The van der Waals surface area contributed by atoms with E-state index < -0.39 is 11.8 Å². The van der Waals surface area contributed by atoms with Gasteiger partial charge >= 0.3 is 5.97 Å². The first-order chi connectivity index (χ1) is 9.93. The summed E-state index contributed by atoms with van der Waals surface area (Å²) in [4.78, 5) is 25.1. The van der Waals surface area contributed by atoms with Crippen molar-refractivity contribution in [2.24, 2.45) is 11.3 Å². The van der Waals surface area contributed by atoms with E-state index in [0.29, 0.717) is 42.4 Å². The molecule has 1 saturated heterocycles. The van der Waals surface area contributed by atoms with Gasteiger partial charge in [0.1, 0.15) is 5.82 Å². The largest absolute Gasteiger partial charge is 0.481 e. The van der Waals surface area contributed by atoms with E-state index in [4.69, 9.17) is 5.11 Å². The van der Waals surface area contributed by atoms with Gasteiger partial charge in [-0.2, -0.15) is 0 Å². The zero-order chi connectivity index (χ0) is 15.2. The number of carbonyl (C=O) groups is 2. The van der Waals surface area contributed by atoms with Crippen molar-refractivity contribution in [1.29, 1.82) is 0 Å². The molecule has 1 amide bonds. The topological polar surface area (TPSA) is 57.6 Å². The van der Waals surface area contributed by atoms with E-state index >= 15 is 0 Å². The lowest BCUT2D eigenvalue weighted by molar-refractivity contribution is -0.139. The number of halogens is 2. The first-order valence-electron chi connectivity index (χ1n) is 6.90. The molecule has 0 radical (unpaired) electrons. The molecule has 112 valence electrons. The lowest BCUT2D eigenvalue weighted by atomic mass is 9.90. The third-order valence-electron chi connectivity index (χ3n) is 4.69. The fourth-order valence-corrected chi connectivity index (χ4v) is 3.65. The summed E-state index contributed by atoms with van der Waals surface area (Å²) < 4.78 is 13.9. The highest BCUT2D eigenvalue weighted by atomic mass is 79.9. The number of nitrogens with zero attached hydrogens (tertiary/aromatic N) is 1. The predicted molar refractivity (Wildman–Crippen MR) is 77.4 cm³/mol. The number of hydrogen-bond acceptors (Lipinski definition) is 2. The molecule has 1 spiro atoms. The molecule has 2 fully saturated rings. The van der Waals surface area contributed by atoms with Crippen LogP contribution in [-0.2, 0) is 4.79 Å². The first-order valence-corrected chi connectivity index (χ1v) is 7.69. The Balaban J connectivity index is 1.69. The summed E-state index contributed by atoms with van der Waals surface area (Å²) in [5.41, 5.74) is 0.207. The van der Waals surface area contributed by atoms with Crippen LogP contribution in [0.25, 0.3) is 0 Å². The van der Waals surface area contributed by atoms with E-state index in [-0.39, 0.29) is 17.2 Å². The molecule has 0 bridgehead atoms. The standard InChI is InChI=1S/C15H15BrFNO3/c16-12-2-1-9(17)7-10(12)13(19)18-5-3-15(4-6-18)8-11(15)14(20)21/h1-2,7,11H,3-6,8H2,(H,20,21). The van der Waals surface area contributed by atoms with Gasteiger partial charge in [-0.3, -0.25) is 9.59 Å². The number of carbonyl (C=O) groups excluding carboxylic acids is 1. The number of amides is 1. The van der Waals surface area contributed by atoms with Crippen LogP contribution < -0.4 is 0 Å². The van der Waals surface area contributed by atoms with Crippen molar-refractivity contribution < 1.29 is 19.1 Å². The second kappa shape index (κ2) is 5.09. The average Bonchev–Trinajstić information content (AvgIpc) is 3.16. The number of rotatable bonds is 2. The predicted octanol–water partition coefficient (Wildman–Crippen LogP) is 2.92. The Kier molecular flexibility index (Phi) is 3.51. The third-order valence-corrected chi connectivity index (χ3v) is 5.38. The van der Waals surface area contributed by atoms with Gasteiger partial charge in [0, 0.05) is 17.6 Å². The lowest BCUT2D eigenvalue weighted by Gasteiger charge is -2.32. The summed E-state index contributed by atoms with van der Waals surface area (Å²) in [6.07, 6.45) is 2.14. The molecule has 1 heterocycles. The Hall–Kier alpha value is -1.43. The smallest absolute Gasteiger partial charge is 0.307 e. The summed E-state index contributed by atoms with van der Waals surface area (Å²) in [5, 5.41) is 9.06. The molecule has 21 heavy (non-hydrogen) atoms. The van der Waals surface area contributed by atoms with Crippen LogP contribution >= 0.6 is 15.9 Å². The maximum Gasteiger partial charge on any atom is 0.307 e. The summed E-state index contributed by atoms with van der Waals surface area (Å²) in [5.74, 6) is -1.63. The van der Waals surface area contributed by atoms with Crippen LogP contribution in [-0.4, -0.2) is 35.0 Å². The molecule has 1 aromatic rings. The van der Waals surface area contributed by atoms with E-state index in [1.54, 1.807) is 4.90 Å². The lowest BCUT2D eigenvalue weighted by Crippen LogP contribution is -2.40. The summed E-state index contributed by atoms with van der Waals surface area (Å²) in [6, 6.07) is 4.05. The van der Waals surface area contributed by atoms with Gasteiger partial charge in [0.2, 0.25) is 0 Å². The van der Waals surface area contributed by atoms with Gasteiger partial charge in [-0.1, -0.05) is 0 Å². The second-order valence-corrected chi connectivity index (χ2v) is 6.73. The fraction of sp³-hybridized carbons (Fsp3) is 0.467. The maximum atomic E-state index is 13.3. The number of carboxylic acids is 1. The van der Waals surface area contributed by atoms with Crippen LogP contribution in [0.3, 0.4) is 0 Å². The molecule has 0 aromatic heterocycles. The van der Waals surface area contributed by atoms with Crippen molar-refractivity contribution in [2.45, 2.75) is 19.3 Å². The highest BCUT2D eigenvalue weighted by Crippen LogP contribution is 2.59. The molecule has 1 aromatic carbocycles. The summed E-state index contributed by atoms with van der Waals surface area (Å²) in [6.45, 7) is 1.07. The molecule has 4 nitrogen and oxygen atoms in total. The van der Waals surface area contributed by atoms with Gasteiger partial charge in [0.25, 0.3) is 5.91 Å². The summed E-state index contributed by atoms with van der Waals surface area (Å²) >= 11 is 3.27. The highest BCUT2D eigenvalue weighted by Gasteiger charge is 2.59. The SMILES string of the molecule is O=C(O)C1CC12CCN(C(=O)c1cc(F)ccc1Br)CC2. The van der Waals surface area contributed by atoms with Crippen molar-refractivity contribution >= 4 is 27.8 Å². The number of piperidine rings is 1. The van der Waals surface area contributed by atoms with Gasteiger partial charge in [-0.15, -0.1) is 0 Å². The molecule has 1 N–H and O–H groups in total. The Labute approximate surface area is 130 Å². The number of carboxylic acid groups (broad SMARTS) is 1. The monoisotopic (exact) mass is 355 g/mol. The van der Waals surface area contributed by atoms with Gasteiger partial charge in [0.05, 0.1) is 11.5 Å². The molecule has 3 rings (SSSR count). The Morgan fingerprint density at radius 3 is 2.57 bits per heavy atom. The minimum absolute atomic E-state index is 0.109. The van der Waals surface area contributed by atoms with Gasteiger partial charge < -0.3 is 10.0 Å². The minimum atomic E-state index is -0.734. The van der Waals surface area contributed by atoms with Crippen molar-refractivity contribution in [1.82, 2.24) is 4.90 Å². The molecule has 1 saturated carbocycles. The Bertz CT molecular complexity index is 611. The van der Waals surface area contributed by atoms with Crippen LogP contribution in [0.2, 0.25) is 0 Å². The van der Waals surface area contributed by atoms with Crippen LogP contribution in [0.1, 0.15) is 29.6 Å². The normalized spacial score (nSPS) is 23.1. The first kappa shape index (κ1) is 14.5. The average molecular weight is 356 g/mol. The molecule has 1 aliphatic heterocycles. The van der Waals surface area contributed by atoms with Crippen molar-refractivity contribution in [3.05, 3.63) is 34.1 Å². The van der Waals surface area contributed by atoms with Crippen LogP contribution in [0, 0.1) is 17.2 Å². The minimum Gasteiger partial charge on any atom is -0.481 e.